The minimum atomic E-state index is -0.976. The summed E-state index contributed by atoms with van der Waals surface area (Å²) in [5.41, 5.74) is 0. The van der Waals surface area contributed by atoms with Crippen molar-refractivity contribution in [3.63, 3.8) is 0 Å². The van der Waals surface area contributed by atoms with Gasteiger partial charge in [-0.05, 0) is 0 Å². The average molecular weight is 296 g/mol. The van der Waals surface area contributed by atoms with Gasteiger partial charge in [-0.25, -0.2) is 0 Å². The minimum Gasteiger partial charge on any atom is -0.480 e. The number of carbonyl (C=O) groups is 4. The van der Waals surface area contributed by atoms with Crippen LogP contribution in [-0.2, 0) is 19.2 Å². The van der Waals surface area contributed by atoms with Crippen LogP contribution >= 0.6 is 0 Å². The summed E-state index contributed by atoms with van der Waals surface area (Å²) < 4.78 is 25.9. The summed E-state index contributed by atoms with van der Waals surface area (Å²) in [6, 6.07) is 0. The lowest BCUT2D eigenvalue weighted by molar-refractivity contribution is -0.145. The first-order valence-corrected chi connectivity index (χ1v) is 5.44. The van der Waals surface area contributed by atoms with Crippen LogP contribution in [0.1, 0.15) is 0 Å². The fourth-order valence-corrected chi connectivity index (χ4v) is 1.44. The molecule has 0 aliphatic heterocycles. The van der Waals surface area contributed by atoms with Gasteiger partial charge in [0.25, 0.3) is 5.72 Å². The normalized spacial score (nSPS) is 12.7. The first-order chi connectivity index (χ1) is 11.4. The van der Waals surface area contributed by atoms with Gasteiger partial charge in [-0.3, -0.25) is 29.0 Å². The van der Waals surface area contributed by atoms with Gasteiger partial charge in [-0.2, -0.15) is 0 Å². The number of hydrogen-bond acceptors (Lipinski definition) is 10. The van der Waals surface area contributed by atoms with Crippen LogP contribution in [0.3, 0.4) is 0 Å². The summed E-state index contributed by atoms with van der Waals surface area (Å²) >= 11 is 0. The van der Waals surface area contributed by atoms with Crippen LogP contribution in [0.2, 0.25) is 0 Å². The first-order valence-electron chi connectivity index (χ1n) is 7.08. The third-order valence-corrected chi connectivity index (χ3v) is 2.14. The van der Waals surface area contributed by atoms with Crippen LogP contribution in [0.25, 0.3) is 5.72 Å². The van der Waals surface area contributed by atoms with Gasteiger partial charge in [0.15, 0.2) is 0 Å². The maximum absolute atomic E-state index is 11.1. The van der Waals surface area contributed by atoms with Crippen molar-refractivity contribution in [3.05, 3.63) is 0 Å². The van der Waals surface area contributed by atoms with Crippen LogP contribution in [-0.4, -0.2) is 93.4 Å². The summed E-state index contributed by atoms with van der Waals surface area (Å²) in [6.07, 6.45) is 0. The van der Waals surface area contributed by atoms with Crippen molar-refractivity contribution in [3.8, 4) is 0 Å². The highest BCUT2D eigenvalue weighted by atomic mass is 16.4. The number of carboxylic acids is 4. The molecule has 10 nitrogen and oxygen atoms in total. The molecule has 0 aromatic rings. The van der Waals surface area contributed by atoms with E-state index in [4.69, 9.17) is 5.72 Å². The van der Waals surface area contributed by atoms with Gasteiger partial charge in [-0.15, -0.1) is 0 Å². The molecule has 0 bridgehead atoms. The van der Waals surface area contributed by atoms with E-state index in [-0.39, 0.29) is 13.1 Å². The fourth-order valence-electron chi connectivity index (χ4n) is 1.44. The first kappa shape index (κ1) is 11.6. The largest absolute Gasteiger partial charge is 0.480 e. The Labute approximate surface area is 119 Å². The minimum absolute atomic E-state index is 0.0687. The molecule has 0 aromatic heterocycles. The Balaban J connectivity index is 4.78. The molecule has 0 radical (unpaired) electrons. The zero-order chi connectivity index (χ0) is 18.5. The van der Waals surface area contributed by atoms with Crippen molar-refractivity contribution >= 4 is 23.9 Å². The van der Waals surface area contributed by atoms with E-state index < -0.39 is 50.1 Å². The quantitative estimate of drug-likeness (QED) is 0.334. The Morgan fingerprint density at radius 2 is 0.900 bits per heavy atom. The molecule has 0 heterocycles. The molecule has 10 heteroatoms. The van der Waals surface area contributed by atoms with E-state index in [2.05, 4.69) is 20.4 Å². The maximum atomic E-state index is 11.1. The molecule has 4 N–H and O–H groups in total. The fraction of sp³-hybridized carbons (Fsp3) is 0.600. The van der Waals surface area contributed by atoms with E-state index in [1.54, 1.807) is 0 Å². The molecule has 0 rings (SSSR count). The van der Waals surface area contributed by atoms with Crippen LogP contribution in [0.15, 0.2) is 0 Å². The predicted molar refractivity (Wildman–Crippen MR) is 63.4 cm³/mol. The number of rotatable bonds is 11. The summed E-state index contributed by atoms with van der Waals surface area (Å²) in [7, 11) is 0. The van der Waals surface area contributed by atoms with Gasteiger partial charge in [0.2, 0.25) is 0 Å². The molecule has 0 saturated carbocycles. The molecule has 0 saturated heterocycles. The zero-order valence-corrected chi connectivity index (χ0v) is 10.4. The number of carboxylic acid groups (broad SMARTS) is 4. The van der Waals surface area contributed by atoms with Crippen molar-refractivity contribution in [1.29, 1.82) is 5.72 Å². The Kier molecular flexibility index (Phi) is 5.12. The standard InChI is InChI=1S/C10H16N2O8/c13-7(14)3-11(4-8(15)16)1-2-12(5-9(17)18)6-10(19)20/h1-6H2,(H,13,14)(H,15,16)(H,17,18)(H,19,20)/i/hD4. The second kappa shape index (κ2) is 8.82. The molecule has 0 atom stereocenters. The van der Waals surface area contributed by atoms with Gasteiger partial charge >= 0.3 is 23.9 Å². The van der Waals surface area contributed by atoms with E-state index in [1.165, 1.54) is 0 Å². The molecule has 0 spiro atoms. The van der Waals surface area contributed by atoms with E-state index >= 15 is 0 Å². The molecule has 0 fully saturated rings. The lowest BCUT2D eigenvalue weighted by Gasteiger charge is -2.23. The van der Waals surface area contributed by atoms with E-state index in [9.17, 15) is 19.2 Å². The Morgan fingerprint density at radius 3 is 1.10 bits per heavy atom. The van der Waals surface area contributed by atoms with Crippen molar-refractivity contribution in [2.45, 2.75) is 0 Å². The molecule has 0 aromatic carbocycles. The Bertz CT molecular complexity index is 377. The van der Waals surface area contributed by atoms with Gasteiger partial charge < -0.3 is 20.4 Å². The third kappa shape index (κ3) is 9.79. The maximum Gasteiger partial charge on any atom is 0.317 e. The van der Waals surface area contributed by atoms with Crippen LogP contribution in [0, 0.1) is 0 Å². The lowest BCUT2D eigenvalue weighted by Crippen LogP contribution is -2.43. The molecular weight excluding hydrogens is 276 g/mol. The second-order valence-electron chi connectivity index (χ2n) is 3.91. The molecule has 20 heavy (non-hydrogen) atoms. The molecule has 0 aliphatic rings. The van der Waals surface area contributed by atoms with Gasteiger partial charge in [0.1, 0.15) is 0 Å². The topological polar surface area (TPSA) is 156 Å². The molecule has 114 valence electrons. The highest BCUT2D eigenvalue weighted by molar-refractivity contribution is 5.73. The van der Waals surface area contributed by atoms with E-state index in [1.807, 2.05) is 0 Å². The van der Waals surface area contributed by atoms with Gasteiger partial charge in [0, 0.05) is 13.1 Å². The molecular formula is C10H16N2O8. The SMILES string of the molecule is [2H]OC(=O)CN(CCN(CC(=O)O[2H])CC(=O)O[2H])CC(=O)O[2H]. The zero-order valence-electron chi connectivity index (χ0n) is 14.4. The van der Waals surface area contributed by atoms with Gasteiger partial charge in [0.05, 0.1) is 26.2 Å². The average Bonchev–Trinajstić information content (AvgIpc) is 2.58. The summed E-state index contributed by atoms with van der Waals surface area (Å²) in [6.45, 7) is -2.03. The number of nitrogens with zero attached hydrogens (tertiary/aromatic N) is 2. The lowest BCUT2D eigenvalue weighted by atomic mass is 10.4. The predicted octanol–water partition coefficient (Wildman–Crippen LogP) is -2.07. The van der Waals surface area contributed by atoms with Crippen molar-refractivity contribution < 1.29 is 39.6 Å². The third-order valence-electron chi connectivity index (χ3n) is 2.14. The summed E-state index contributed by atoms with van der Waals surface area (Å²) in [5.74, 6) is -3.91. The summed E-state index contributed by atoms with van der Waals surface area (Å²) in [5, 5.41) is 14.9. The molecule has 0 unspecified atom stereocenters. The van der Waals surface area contributed by atoms with Crippen LogP contribution in [0.4, 0.5) is 0 Å². The van der Waals surface area contributed by atoms with Crippen molar-refractivity contribution in [2.24, 2.45) is 0 Å². The molecule has 0 aliphatic carbocycles. The molecule has 0 amide bonds. The highest BCUT2D eigenvalue weighted by Gasteiger charge is 2.17. The smallest absolute Gasteiger partial charge is 0.317 e. The van der Waals surface area contributed by atoms with E-state index in [0.717, 1.165) is 9.80 Å². The van der Waals surface area contributed by atoms with Crippen molar-refractivity contribution in [2.75, 3.05) is 39.3 Å². The number of aliphatic carboxylic acids is 4. The second-order valence-corrected chi connectivity index (χ2v) is 3.91. The van der Waals surface area contributed by atoms with Gasteiger partial charge in [-0.1, -0.05) is 0 Å². The number of hydrogen-bond donors (Lipinski definition) is 4. The van der Waals surface area contributed by atoms with Crippen LogP contribution < -0.4 is 0 Å². The van der Waals surface area contributed by atoms with Crippen molar-refractivity contribution in [1.82, 2.24) is 9.80 Å². The monoisotopic (exact) mass is 296 g/mol. The van der Waals surface area contributed by atoms with E-state index in [0.29, 0.717) is 0 Å². The Morgan fingerprint density at radius 1 is 0.650 bits per heavy atom. The summed E-state index contributed by atoms with van der Waals surface area (Å²) in [4.78, 5) is 46.8. The highest BCUT2D eigenvalue weighted by Crippen LogP contribution is 1.94. The van der Waals surface area contributed by atoms with Crippen LogP contribution in [0.5, 0.6) is 0 Å². The Hall–Kier alpha value is -2.20.